The van der Waals surface area contributed by atoms with E-state index in [0.29, 0.717) is 6.42 Å². The third-order valence-electron chi connectivity index (χ3n) is 4.38. The number of hydrogen-bond acceptors (Lipinski definition) is 2. The Morgan fingerprint density at radius 1 is 1.17 bits per heavy atom. The number of ketones is 1. The Morgan fingerprint density at radius 3 is 2.65 bits per heavy atom. The molecule has 0 aliphatic carbocycles. The minimum atomic E-state index is 0.190. The van der Waals surface area contributed by atoms with E-state index in [9.17, 15) is 4.79 Å². The molecule has 0 saturated carbocycles. The molecule has 1 atom stereocenters. The largest absolute Gasteiger partial charge is 0.497 e. The first kappa shape index (κ1) is 15.3. The number of ether oxygens (including phenoxy) is 1. The molecule has 2 aromatic carbocycles. The highest BCUT2D eigenvalue weighted by Gasteiger charge is 2.19. The average Bonchev–Trinajstić information content (AvgIpc) is 3.03. The lowest BCUT2D eigenvalue weighted by molar-refractivity contribution is 0.0973. The zero-order valence-corrected chi connectivity index (χ0v) is 13.5. The van der Waals surface area contributed by atoms with Crippen LogP contribution in [0.25, 0.3) is 10.9 Å². The Balaban J connectivity index is 1.90. The van der Waals surface area contributed by atoms with E-state index < -0.39 is 0 Å². The highest BCUT2D eigenvalue weighted by molar-refractivity contribution is 5.97. The molecule has 0 unspecified atom stereocenters. The predicted octanol–water partition coefficient (Wildman–Crippen LogP) is 4.94. The van der Waals surface area contributed by atoms with Crippen LogP contribution in [0.15, 0.2) is 54.7 Å². The number of Topliss-reactive ketones (excluding diaryl/α,β-unsaturated/α-hetero) is 1. The van der Waals surface area contributed by atoms with E-state index in [-0.39, 0.29) is 11.7 Å². The van der Waals surface area contributed by atoms with Gasteiger partial charge < -0.3 is 9.72 Å². The lowest BCUT2D eigenvalue weighted by Crippen LogP contribution is -2.06. The molecule has 0 aliphatic heterocycles. The topological polar surface area (TPSA) is 42.1 Å². The number of methoxy groups -OCH3 is 1. The molecule has 1 aromatic heterocycles. The van der Waals surface area contributed by atoms with Crippen molar-refractivity contribution in [1.29, 1.82) is 0 Å². The number of aromatic amines is 1. The molecule has 0 fully saturated rings. The van der Waals surface area contributed by atoms with E-state index >= 15 is 0 Å². The molecule has 0 aliphatic rings. The Kier molecular flexibility index (Phi) is 4.47. The molecular formula is C20H21NO2. The molecule has 0 bridgehead atoms. The van der Waals surface area contributed by atoms with Crippen molar-refractivity contribution in [2.24, 2.45) is 0 Å². The van der Waals surface area contributed by atoms with Crippen LogP contribution in [0.5, 0.6) is 5.75 Å². The lowest BCUT2D eigenvalue weighted by Gasteiger charge is -2.14. The summed E-state index contributed by atoms with van der Waals surface area (Å²) in [6, 6.07) is 15.5. The number of fused-ring (bicyclic) bond motifs is 1. The summed E-state index contributed by atoms with van der Waals surface area (Å²) in [6.45, 7) is 2.13. The van der Waals surface area contributed by atoms with Crippen molar-refractivity contribution in [1.82, 2.24) is 4.98 Å². The first-order valence-corrected chi connectivity index (χ1v) is 7.96. The second kappa shape index (κ2) is 6.69. The fourth-order valence-electron chi connectivity index (χ4n) is 3.03. The molecule has 3 rings (SSSR count). The first-order chi connectivity index (χ1) is 11.2. The van der Waals surface area contributed by atoms with Crippen molar-refractivity contribution >= 4 is 16.7 Å². The van der Waals surface area contributed by atoms with Gasteiger partial charge in [-0.05, 0) is 36.1 Å². The zero-order chi connectivity index (χ0) is 16.2. The number of aromatic nitrogens is 1. The van der Waals surface area contributed by atoms with Crippen LogP contribution >= 0.6 is 0 Å². The van der Waals surface area contributed by atoms with Crippen LogP contribution in [-0.2, 0) is 0 Å². The van der Waals surface area contributed by atoms with E-state index in [4.69, 9.17) is 4.74 Å². The van der Waals surface area contributed by atoms with Gasteiger partial charge in [0.15, 0.2) is 5.78 Å². The van der Waals surface area contributed by atoms with Crippen molar-refractivity contribution in [3.05, 3.63) is 65.9 Å². The maximum atomic E-state index is 12.5. The number of carbonyl (C=O) groups excluding carboxylic acids is 1. The predicted molar refractivity (Wildman–Crippen MR) is 93.3 cm³/mol. The molecule has 3 nitrogen and oxygen atoms in total. The SMILES string of the molecule is CC[C@H](CC(=O)c1ccccc1)c1c[nH]c2ccc(OC)cc12. The fourth-order valence-corrected chi connectivity index (χ4v) is 3.03. The van der Waals surface area contributed by atoms with Gasteiger partial charge in [0.2, 0.25) is 0 Å². The third kappa shape index (κ3) is 3.14. The summed E-state index contributed by atoms with van der Waals surface area (Å²) < 4.78 is 5.33. The quantitative estimate of drug-likeness (QED) is 0.655. The van der Waals surface area contributed by atoms with Crippen molar-refractivity contribution < 1.29 is 9.53 Å². The number of H-pyrrole nitrogens is 1. The van der Waals surface area contributed by atoms with Gasteiger partial charge in [0.1, 0.15) is 5.75 Å². The summed E-state index contributed by atoms with van der Waals surface area (Å²) in [4.78, 5) is 15.8. The van der Waals surface area contributed by atoms with Crippen LogP contribution in [0.1, 0.15) is 41.6 Å². The van der Waals surface area contributed by atoms with Crippen LogP contribution in [0.2, 0.25) is 0 Å². The van der Waals surface area contributed by atoms with Gasteiger partial charge in [-0.3, -0.25) is 4.79 Å². The summed E-state index contributed by atoms with van der Waals surface area (Å²) in [7, 11) is 1.67. The summed E-state index contributed by atoms with van der Waals surface area (Å²) in [5.74, 6) is 1.22. The molecule has 0 saturated heterocycles. The lowest BCUT2D eigenvalue weighted by atomic mass is 9.89. The van der Waals surface area contributed by atoms with E-state index in [1.54, 1.807) is 7.11 Å². The molecule has 0 spiro atoms. The molecule has 0 radical (unpaired) electrons. The van der Waals surface area contributed by atoms with Crippen molar-refractivity contribution in [2.45, 2.75) is 25.7 Å². The smallest absolute Gasteiger partial charge is 0.163 e. The van der Waals surface area contributed by atoms with Crippen LogP contribution in [0.4, 0.5) is 0 Å². The normalized spacial score (nSPS) is 12.3. The number of benzene rings is 2. The Hall–Kier alpha value is -2.55. The minimum absolute atomic E-state index is 0.190. The monoisotopic (exact) mass is 307 g/mol. The Bertz CT molecular complexity index is 805. The third-order valence-corrected chi connectivity index (χ3v) is 4.38. The van der Waals surface area contributed by atoms with Gasteiger partial charge in [-0.2, -0.15) is 0 Å². The van der Waals surface area contributed by atoms with Gasteiger partial charge in [0.25, 0.3) is 0 Å². The van der Waals surface area contributed by atoms with Gasteiger partial charge in [-0.1, -0.05) is 37.3 Å². The average molecular weight is 307 g/mol. The van der Waals surface area contributed by atoms with Gasteiger partial charge in [-0.15, -0.1) is 0 Å². The van der Waals surface area contributed by atoms with Crippen molar-refractivity contribution in [2.75, 3.05) is 7.11 Å². The van der Waals surface area contributed by atoms with Crippen LogP contribution < -0.4 is 4.74 Å². The van der Waals surface area contributed by atoms with Gasteiger partial charge >= 0.3 is 0 Å². The van der Waals surface area contributed by atoms with E-state index in [1.807, 2.05) is 54.7 Å². The number of carbonyl (C=O) groups is 1. The van der Waals surface area contributed by atoms with Crippen LogP contribution in [0, 0.1) is 0 Å². The molecule has 3 heteroatoms. The van der Waals surface area contributed by atoms with E-state index in [1.165, 1.54) is 5.56 Å². The highest BCUT2D eigenvalue weighted by Crippen LogP contribution is 2.33. The molecular weight excluding hydrogens is 286 g/mol. The summed E-state index contributed by atoms with van der Waals surface area (Å²) in [6.07, 6.45) is 3.46. The number of rotatable bonds is 6. The standard InChI is InChI=1S/C20H21NO2/c1-3-14(11-20(22)15-7-5-4-6-8-15)18-13-21-19-10-9-16(23-2)12-17(18)19/h4-10,12-14,21H,3,11H2,1-2H3/t14-/m1/s1. The van der Waals surface area contributed by atoms with Gasteiger partial charge in [-0.25, -0.2) is 0 Å². The molecule has 118 valence electrons. The molecule has 23 heavy (non-hydrogen) atoms. The molecule has 0 amide bonds. The van der Waals surface area contributed by atoms with Crippen molar-refractivity contribution in [3.63, 3.8) is 0 Å². The maximum absolute atomic E-state index is 12.5. The van der Waals surface area contributed by atoms with Gasteiger partial charge in [0.05, 0.1) is 7.11 Å². The first-order valence-electron chi connectivity index (χ1n) is 7.96. The Labute approximate surface area is 136 Å². The van der Waals surface area contributed by atoms with Crippen LogP contribution in [-0.4, -0.2) is 17.9 Å². The molecule has 1 N–H and O–H groups in total. The Morgan fingerprint density at radius 2 is 1.96 bits per heavy atom. The van der Waals surface area contributed by atoms with Crippen LogP contribution in [0.3, 0.4) is 0 Å². The summed E-state index contributed by atoms with van der Waals surface area (Å²) >= 11 is 0. The summed E-state index contributed by atoms with van der Waals surface area (Å²) in [5.41, 5.74) is 3.04. The molecule has 1 heterocycles. The van der Waals surface area contributed by atoms with E-state index in [0.717, 1.165) is 28.6 Å². The second-order valence-electron chi connectivity index (χ2n) is 5.75. The number of nitrogens with one attached hydrogen (secondary N) is 1. The molecule has 3 aromatic rings. The second-order valence-corrected chi connectivity index (χ2v) is 5.75. The van der Waals surface area contributed by atoms with Crippen molar-refractivity contribution in [3.8, 4) is 5.75 Å². The van der Waals surface area contributed by atoms with Gasteiger partial charge in [0, 0.05) is 29.1 Å². The maximum Gasteiger partial charge on any atom is 0.163 e. The number of hydrogen-bond donors (Lipinski definition) is 1. The summed E-state index contributed by atoms with van der Waals surface area (Å²) in [5, 5.41) is 1.14. The highest BCUT2D eigenvalue weighted by atomic mass is 16.5. The fraction of sp³-hybridized carbons (Fsp3) is 0.250. The zero-order valence-electron chi connectivity index (χ0n) is 13.5. The minimum Gasteiger partial charge on any atom is -0.497 e. The van der Waals surface area contributed by atoms with E-state index in [2.05, 4.69) is 11.9 Å².